The zero-order valence-corrected chi connectivity index (χ0v) is 12.0. The third-order valence-corrected chi connectivity index (χ3v) is 4.16. The molecule has 112 valence electrons. The van der Waals surface area contributed by atoms with Gasteiger partial charge in [-0.15, -0.1) is 0 Å². The third kappa shape index (κ3) is 3.99. The molecule has 0 fully saturated rings. The van der Waals surface area contributed by atoms with Gasteiger partial charge in [-0.25, -0.2) is 22.3 Å². The van der Waals surface area contributed by atoms with Gasteiger partial charge in [0.25, 0.3) is 0 Å². The average Bonchev–Trinajstić information content (AvgIpc) is 2.37. The Hall–Kier alpha value is -1.51. The fraction of sp³-hybridized carbons (Fsp3) is 0.417. The Morgan fingerprint density at radius 2 is 2.10 bits per heavy atom. The molecule has 0 saturated heterocycles. The number of carboxylic acid groups (broad SMARTS) is 1. The highest BCUT2D eigenvalue weighted by atomic mass is 32.2. The number of halogens is 1. The number of sulfonamides is 1. The Balaban J connectivity index is 3.07. The van der Waals surface area contributed by atoms with E-state index < -0.39 is 27.4 Å². The van der Waals surface area contributed by atoms with Crippen LogP contribution in [-0.4, -0.2) is 39.3 Å². The number of nitrogens with one attached hydrogen (secondary N) is 1. The molecule has 0 bridgehead atoms. The molecule has 0 heterocycles. The lowest BCUT2D eigenvalue weighted by atomic mass is 10.1. The van der Waals surface area contributed by atoms with Gasteiger partial charge in [0.15, 0.2) is 0 Å². The zero-order valence-electron chi connectivity index (χ0n) is 11.1. The van der Waals surface area contributed by atoms with E-state index in [1.54, 1.807) is 6.92 Å². The Morgan fingerprint density at radius 1 is 1.45 bits per heavy atom. The standard InChI is InChI=1S/C12H16FNO5S/c1-3-19-5-4-14-20(17,18)11-7-9(12(15)16)6-10(13)8(11)2/h6-7,14H,3-5H2,1-2H3,(H,15,16). The van der Waals surface area contributed by atoms with E-state index in [-0.39, 0.29) is 23.6 Å². The summed E-state index contributed by atoms with van der Waals surface area (Å²) in [5.74, 6) is -2.27. The third-order valence-electron chi connectivity index (χ3n) is 2.58. The molecule has 2 N–H and O–H groups in total. The van der Waals surface area contributed by atoms with Crippen molar-refractivity contribution in [2.24, 2.45) is 0 Å². The quantitative estimate of drug-likeness (QED) is 0.737. The van der Waals surface area contributed by atoms with Gasteiger partial charge in [-0.3, -0.25) is 0 Å². The SMILES string of the molecule is CCOCCNS(=O)(=O)c1cc(C(=O)O)cc(F)c1C. The molecule has 0 aromatic heterocycles. The number of ether oxygens (including phenoxy) is 1. The van der Waals surface area contributed by atoms with Crippen LogP contribution in [0.25, 0.3) is 0 Å². The van der Waals surface area contributed by atoms with E-state index in [1.165, 1.54) is 6.92 Å². The first-order valence-electron chi connectivity index (χ1n) is 5.90. The number of carbonyl (C=O) groups is 1. The highest BCUT2D eigenvalue weighted by molar-refractivity contribution is 7.89. The number of rotatable bonds is 7. The van der Waals surface area contributed by atoms with E-state index in [0.717, 1.165) is 12.1 Å². The molecule has 0 spiro atoms. The Kier molecular flexibility index (Phi) is 5.61. The molecule has 0 aliphatic carbocycles. The number of hydrogen-bond acceptors (Lipinski definition) is 4. The van der Waals surface area contributed by atoms with Crippen molar-refractivity contribution in [3.63, 3.8) is 0 Å². The zero-order chi connectivity index (χ0) is 15.3. The van der Waals surface area contributed by atoms with E-state index in [4.69, 9.17) is 9.84 Å². The van der Waals surface area contributed by atoms with Crippen molar-refractivity contribution in [1.82, 2.24) is 4.72 Å². The number of hydrogen-bond donors (Lipinski definition) is 2. The molecule has 0 aliphatic heterocycles. The van der Waals surface area contributed by atoms with Crippen molar-refractivity contribution in [2.45, 2.75) is 18.7 Å². The van der Waals surface area contributed by atoms with Crippen LogP contribution >= 0.6 is 0 Å². The molecule has 1 aromatic rings. The second-order valence-electron chi connectivity index (χ2n) is 3.98. The largest absolute Gasteiger partial charge is 0.478 e. The van der Waals surface area contributed by atoms with Crippen molar-refractivity contribution in [2.75, 3.05) is 19.8 Å². The summed E-state index contributed by atoms with van der Waals surface area (Å²) in [5.41, 5.74) is -0.544. The molecule has 6 nitrogen and oxygen atoms in total. The Bertz CT molecular complexity index is 600. The first kappa shape index (κ1) is 16.5. The lowest BCUT2D eigenvalue weighted by Gasteiger charge is -2.11. The van der Waals surface area contributed by atoms with Crippen molar-refractivity contribution < 1.29 is 27.4 Å². The van der Waals surface area contributed by atoms with Crippen molar-refractivity contribution >= 4 is 16.0 Å². The van der Waals surface area contributed by atoms with E-state index in [0.29, 0.717) is 6.61 Å². The maximum absolute atomic E-state index is 13.6. The maximum atomic E-state index is 13.6. The van der Waals surface area contributed by atoms with Crippen molar-refractivity contribution in [3.8, 4) is 0 Å². The lowest BCUT2D eigenvalue weighted by molar-refractivity contribution is 0.0696. The van der Waals surface area contributed by atoms with Crippen LogP contribution in [0, 0.1) is 12.7 Å². The summed E-state index contributed by atoms with van der Waals surface area (Å²) in [6.07, 6.45) is 0. The molecular weight excluding hydrogens is 289 g/mol. The Labute approximate surface area is 116 Å². The van der Waals surface area contributed by atoms with Crippen LogP contribution in [0.1, 0.15) is 22.8 Å². The summed E-state index contributed by atoms with van der Waals surface area (Å²) in [4.78, 5) is 10.5. The molecular formula is C12H16FNO5S. The highest BCUT2D eigenvalue weighted by Gasteiger charge is 2.21. The number of aromatic carboxylic acids is 1. The highest BCUT2D eigenvalue weighted by Crippen LogP contribution is 2.20. The van der Waals surface area contributed by atoms with Gasteiger partial charge < -0.3 is 9.84 Å². The number of benzene rings is 1. The topological polar surface area (TPSA) is 92.7 Å². The van der Waals surface area contributed by atoms with Crippen LogP contribution in [0.2, 0.25) is 0 Å². The second-order valence-corrected chi connectivity index (χ2v) is 5.72. The minimum Gasteiger partial charge on any atom is -0.478 e. The van der Waals surface area contributed by atoms with Gasteiger partial charge in [0, 0.05) is 18.7 Å². The minimum atomic E-state index is -3.98. The van der Waals surface area contributed by atoms with Gasteiger partial charge in [-0.1, -0.05) is 0 Å². The monoisotopic (exact) mass is 305 g/mol. The molecule has 0 aliphatic rings. The molecule has 0 unspecified atom stereocenters. The summed E-state index contributed by atoms with van der Waals surface area (Å²) < 4.78 is 44.8. The molecule has 0 amide bonds. The summed E-state index contributed by atoms with van der Waals surface area (Å²) in [6, 6.07) is 1.72. The first-order valence-corrected chi connectivity index (χ1v) is 7.38. The van der Waals surface area contributed by atoms with Crippen LogP contribution in [-0.2, 0) is 14.8 Å². The van der Waals surface area contributed by atoms with E-state index in [1.807, 2.05) is 0 Å². The van der Waals surface area contributed by atoms with Crippen LogP contribution in [0.5, 0.6) is 0 Å². The minimum absolute atomic E-state index is 0.0224. The van der Waals surface area contributed by atoms with E-state index >= 15 is 0 Å². The van der Waals surface area contributed by atoms with Crippen LogP contribution < -0.4 is 4.72 Å². The van der Waals surface area contributed by atoms with Crippen molar-refractivity contribution in [1.29, 1.82) is 0 Å². The molecule has 0 radical (unpaired) electrons. The summed E-state index contributed by atoms with van der Waals surface area (Å²) in [5, 5.41) is 8.83. The predicted molar refractivity (Wildman–Crippen MR) is 69.8 cm³/mol. The van der Waals surface area contributed by atoms with Crippen LogP contribution in [0.4, 0.5) is 4.39 Å². The molecule has 1 rings (SSSR count). The second kappa shape index (κ2) is 6.78. The Morgan fingerprint density at radius 3 is 2.65 bits per heavy atom. The van der Waals surface area contributed by atoms with Gasteiger partial charge >= 0.3 is 5.97 Å². The van der Waals surface area contributed by atoms with E-state index in [2.05, 4.69) is 4.72 Å². The number of carboxylic acids is 1. The summed E-state index contributed by atoms with van der Waals surface area (Å²) in [7, 11) is -3.98. The molecule has 8 heteroatoms. The smallest absolute Gasteiger partial charge is 0.335 e. The van der Waals surface area contributed by atoms with Crippen LogP contribution in [0.15, 0.2) is 17.0 Å². The van der Waals surface area contributed by atoms with Gasteiger partial charge in [0.2, 0.25) is 10.0 Å². The van der Waals surface area contributed by atoms with Gasteiger partial charge in [-0.05, 0) is 26.0 Å². The average molecular weight is 305 g/mol. The molecule has 0 atom stereocenters. The maximum Gasteiger partial charge on any atom is 0.335 e. The summed E-state index contributed by atoms with van der Waals surface area (Å²) >= 11 is 0. The first-order chi connectivity index (χ1) is 9.29. The van der Waals surface area contributed by atoms with E-state index in [9.17, 15) is 17.6 Å². The lowest BCUT2D eigenvalue weighted by Crippen LogP contribution is -2.28. The van der Waals surface area contributed by atoms with Gasteiger partial charge in [-0.2, -0.15) is 0 Å². The van der Waals surface area contributed by atoms with Crippen molar-refractivity contribution in [3.05, 3.63) is 29.1 Å². The predicted octanol–water partition coefficient (Wildman–Crippen LogP) is 1.15. The van der Waals surface area contributed by atoms with Gasteiger partial charge in [0.1, 0.15) is 5.82 Å². The summed E-state index contributed by atoms with van der Waals surface area (Å²) in [6.45, 7) is 3.69. The van der Waals surface area contributed by atoms with Gasteiger partial charge in [0.05, 0.1) is 17.1 Å². The van der Waals surface area contributed by atoms with Crippen LogP contribution in [0.3, 0.4) is 0 Å². The molecule has 20 heavy (non-hydrogen) atoms. The molecule has 0 saturated carbocycles. The molecule has 1 aromatic carbocycles. The normalized spacial score (nSPS) is 11.6. The fourth-order valence-corrected chi connectivity index (χ4v) is 2.82. The fourth-order valence-electron chi connectivity index (χ4n) is 1.53.